The summed E-state index contributed by atoms with van der Waals surface area (Å²) in [6, 6.07) is 0. The summed E-state index contributed by atoms with van der Waals surface area (Å²) in [5.74, 6) is 1.12. The van der Waals surface area contributed by atoms with Gasteiger partial charge in [-0.1, -0.05) is 21.3 Å². The van der Waals surface area contributed by atoms with Crippen molar-refractivity contribution in [3.05, 3.63) is 11.6 Å². The molecular weight excluding hydrogens is 130 g/mol. The normalized spacial score (nSPS) is 13.9. The first kappa shape index (κ1) is 11.7. The van der Waals surface area contributed by atoms with E-state index in [1.807, 2.05) is 25.6 Å². The summed E-state index contributed by atoms with van der Waals surface area (Å²) in [5, 5.41) is 2.10. The number of rotatable bonds is 0. The molecule has 0 aromatic carbocycles. The molecule has 1 aliphatic rings. The van der Waals surface area contributed by atoms with Gasteiger partial charge in [-0.15, -0.1) is 11.8 Å². The van der Waals surface area contributed by atoms with E-state index in [-0.39, 0.29) is 7.43 Å². The average molecular weight is 147 g/mol. The van der Waals surface area contributed by atoms with Crippen LogP contribution in [0, 0.1) is 0 Å². The van der Waals surface area contributed by atoms with Crippen LogP contribution in [0.2, 0.25) is 0 Å². The molecule has 0 saturated carbocycles. The van der Waals surface area contributed by atoms with Crippen LogP contribution in [-0.4, -0.2) is 17.8 Å². The van der Waals surface area contributed by atoms with Crippen LogP contribution in [0.5, 0.6) is 0 Å². The maximum atomic E-state index is 2.14. The van der Waals surface area contributed by atoms with E-state index in [1.165, 1.54) is 0 Å². The van der Waals surface area contributed by atoms with E-state index in [4.69, 9.17) is 0 Å². The van der Waals surface area contributed by atoms with Gasteiger partial charge in [0, 0.05) is 13.2 Å². The fraction of sp³-hybridized carbons (Fsp3) is 0.714. The fourth-order valence-electron chi connectivity index (χ4n) is 0.351. The summed E-state index contributed by atoms with van der Waals surface area (Å²) in [6.45, 7) is 4.00. The van der Waals surface area contributed by atoms with Gasteiger partial charge in [-0.2, -0.15) is 0 Å². The Balaban J connectivity index is 0. The standard InChI is InChI=1S/C4H7NS.C2H6.CH4/c1-5-2-3-6-4-5;1-2;/h2-3H,4H2,1H3;1-2H3;1H4. The topological polar surface area (TPSA) is 3.24 Å². The van der Waals surface area contributed by atoms with Crippen molar-refractivity contribution in [1.29, 1.82) is 0 Å². The highest BCUT2D eigenvalue weighted by molar-refractivity contribution is 8.02. The summed E-state index contributed by atoms with van der Waals surface area (Å²) in [5.41, 5.74) is 0. The summed E-state index contributed by atoms with van der Waals surface area (Å²) in [7, 11) is 2.07. The van der Waals surface area contributed by atoms with Crippen molar-refractivity contribution in [3.8, 4) is 0 Å². The second kappa shape index (κ2) is 7.89. The SMILES string of the molecule is C.CC.CN1C=CSC1. The van der Waals surface area contributed by atoms with E-state index < -0.39 is 0 Å². The van der Waals surface area contributed by atoms with Gasteiger partial charge in [-0.05, 0) is 5.41 Å². The third kappa shape index (κ3) is 5.77. The third-order valence-electron chi connectivity index (χ3n) is 0.690. The third-order valence-corrected chi connectivity index (χ3v) is 1.56. The van der Waals surface area contributed by atoms with E-state index >= 15 is 0 Å². The molecular formula is C7H17NS. The Hall–Kier alpha value is -0.110. The Morgan fingerprint density at radius 1 is 1.44 bits per heavy atom. The zero-order valence-electron chi connectivity index (χ0n) is 5.72. The van der Waals surface area contributed by atoms with Gasteiger partial charge in [0.05, 0.1) is 5.88 Å². The molecule has 0 aliphatic carbocycles. The van der Waals surface area contributed by atoms with Gasteiger partial charge in [0.25, 0.3) is 0 Å². The Morgan fingerprint density at radius 2 is 2.00 bits per heavy atom. The zero-order valence-corrected chi connectivity index (χ0v) is 6.53. The maximum Gasteiger partial charge on any atom is 0.0671 e. The van der Waals surface area contributed by atoms with Crippen LogP contribution in [0.25, 0.3) is 0 Å². The predicted molar refractivity (Wildman–Crippen MR) is 47.4 cm³/mol. The van der Waals surface area contributed by atoms with Crippen LogP contribution in [-0.2, 0) is 0 Å². The van der Waals surface area contributed by atoms with Gasteiger partial charge < -0.3 is 4.90 Å². The molecule has 56 valence electrons. The molecule has 1 nitrogen and oxygen atoms in total. The quantitative estimate of drug-likeness (QED) is 0.518. The Labute approximate surface area is 63.1 Å². The molecule has 2 heteroatoms. The summed E-state index contributed by atoms with van der Waals surface area (Å²) >= 11 is 1.83. The van der Waals surface area contributed by atoms with Crippen molar-refractivity contribution in [1.82, 2.24) is 4.90 Å². The molecule has 1 aliphatic heterocycles. The molecule has 1 rings (SSSR count). The van der Waals surface area contributed by atoms with Crippen molar-refractivity contribution < 1.29 is 0 Å². The van der Waals surface area contributed by atoms with E-state index in [1.54, 1.807) is 0 Å². The fourth-order valence-corrected chi connectivity index (χ4v) is 1.05. The molecule has 0 aromatic heterocycles. The number of hydrogen-bond acceptors (Lipinski definition) is 2. The highest BCUT2D eigenvalue weighted by Gasteiger charge is 1.93. The number of thioether (sulfide) groups is 1. The molecule has 0 amide bonds. The van der Waals surface area contributed by atoms with E-state index in [9.17, 15) is 0 Å². The van der Waals surface area contributed by atoms with Crippen LogP contribution in [0.1, 0.15) is 21.3 Å². The highest BCUT2D eigenvalue weighted by atomic mass is 32.2. The lowest BCUT2D eigenvalue weighted by Crippen LogP contribution is -2.02. The summed E-state index contributed by atoms with van der Waals surface area (Å²) in [6.07, 6.45) is 2.07. The van der Waals surface area contributed by atoms with Crippen LogP contribution < -0.4 is 0 Å². The van der Waals surface area contributed by atoms with Crippen molar-refractivity contribution >= 4 is 11.8 Å². The minimum absolute atomic E-state index is 0. The minimum atomic E-state index is 0. The van der Waals surface area contributed by atoms with Crippen LogP contribution in [0.4, 0.5) is 0 Å². The Bertz CT molecular complexity index is 71.3. The van der Waals surface area contributed by atoms with E-state index in [2.05, 4.69) is 23.6 Å². The molecule has 0 spiro atoms. The van der Waals surface area contributed by atoms with Crippen molar-refractivity contribution in [2.24, 2.45) is 0 Å². The molecule has 0 bridgehead atoms. The lowest BCUT2D eigenvalue weighted by atomic mass is 10.9. The molecule has 0 saturated heterocycles. The molecule has 0 unspecified atom stereocenters. The molecule has 0 aromatic rings. The number of hydrogen-bond donors (Lipinski definition) is 0. The van der Waals surface area contributed by atoms with Gasteiger partial charge >= 0.3 is 0 Å². The molecule has 0 fully saturated rings. The molecule has 9 heavy (non-hydrogen) atoms. The summed E-state index contributed by atoms with van der Waals surface area (Å²) in [4.78, 5) is 2.14. The van der Waals surface area contributed by atoms with Gasteiger partial charge in [0.1, 0.15) is 0 Å². The lowest BCUT2D eigenvalue weighted by molar-refractivity contribution is 0.552. The first-order chi connectivity index (χ1) is 3.89. The minimum Gasteiger partial charge on any atom is -0.370 e. The maximum absolute atomic E-state index is 2.14. The molecule has 1 heterocycles. The smallest absolute Gasteiger partial charge is 0.0671 e. The zero-order chi connectivity index (χ0) is 6.41. The van der Waals surface area contributed by atoms with Gasteiger partial charge in [-0.25, -0.2) is 0 Å². The molecule has 0 N–H and O–H groups in total. The second-order valence-corrected chi connectivity index (χ2v) is 2.20. The monoisotopic (exact) mass is 147 g/mol. The first-order valence-electron chi connectivity index (χ1n) is 2.88. The summed E-state index contributed by atoms with van der Waals surface area (Å²) < 4.78 is 0. The van der Waals surface area contributed by atoms with Crippen molar-refractivity contribution in [2.75, 3.05) is 12.9 Å². The second-order valence-electron chi connectivity index (χ2n) is 1.34. The highest BCUT2D eigenvalue weighted by Crippen LogP contribution is 2.11. The Kier molecular flexibility index (Phi) is 10.2. The lowest BCUT2D eigenvalue weighted by Gasteiger charge is -2.01. The Morgan fingerprint density at radius 3 is 2.11 bits per heavy atom. The van der Waals surface area contributed by atoms with Crippen LogP contribution in [0.3, 0.4) is 0 Å². The van der Waals surface area contributed by atoms with E-state index in [0.717, 1.165) is 5.88 Å². The van der Waals surface area contributed by atoms with E-state index in [0.29, 0.717) is 0 Å². The van der Waals surface area contributed by atoms with Crippen molar-refractivity contribution in [2.45, 2.75) is 21.3 Å². The number of nitrogens with zero attached hydrogens (tertiary/aromatic N) is 1. The molecule has 0 atom stereocenters. The van der Waals surface area contributed by atoms with Gasteiger partial charge in [0.2, 0.25) is 0 Å². The van der Waals surface area contributed by atoms with Gasteiger partial charge in [0.15, 0.2) is 0 Å². The average Bonchev–Trinajstić information content (AvgIpc) is 2.24. The molecule has 0 radical (unpaired) electrons. The predicted octanol–water partition coefficient (Wildman–Crippen LogP) is 2.76. The largest absolute Gasteiger partial charge is 0.370 e. The van der Waals surface area contributed by atoms with Gasteiger partial charge in [-0.3, -0.25) is 0 Å². The van der Waals surface area contributed by atoms with Crippen LogP contribution >= 0.6 is 11.8 Å². The van der Waals surface area contributed by atoms with Crippen LogP contribution in [0.15, 0.2) is 11.6 Å². The van der Waals surface area contributed by atoms with Crippen molar-refractivity contribution in [3.63, 3.8) is 0 Å². The first-order valence-corrected chi connectivity index (χ1v) is 3.93.